The molecule has 0 amide bonds. The second kappa shape index (κ2) is 4.99. The molecule has 0 radical (unpaired) electrons. The molecule has 0 saturated carbocycles. The number of aromatic nitrogens is 1. The first kappa shape index (κ1) is 12.7. The Labute approximate surface area is 117 Å². The van der Waals surface area contributed by atoms with Crippen LogP contribution in [0.5, 0.6) is 0 Å². The van der Waals surface area contributed by atoms with Gasteiger partial charge in [-0.2, -0.15) is 0 Å². The standard InChI is InChI=1S/C15H17ClN2O/c1-9(2)7-17-8-14-13-6-10-5-11(16)3-4-12(10)15(13)19-18-14/h3-5,9,17H,6-8H2,1-2H3. The smallest absolute Gasteiger partial charge is 0.170 e. The maximum atomic E-state index is 6.03. The minimum Gasteiger partial charge on any atom is -0.356 e. The first-order chi connectivity index (χ1) is 9.15. The molecule has 0 aliphatic heterocycles. The van der Waals surface area contributed by atoms with Gasteiger partial charge in [-0.3, -0.25) is 0 Å². The Morgan fingerprint density at radius 2 is 2.26 bits per heavy atom. The lowest BCUT2D eigenvalue weighted by Gasteiger charge is -2.05. The van der Waals surface area contributed by atoms with Gasteiger partial charge in [0, 0.05) is 29.1 Å². The monoisotopic (exact) mass is 276 g/mol. The molecule has 3 nitrogen and oxygen atoms in total. The van der Waals surface area contributed by atoms with E-state index in [0.717, 1.165) is 41.6 Å². The van der Waals surface area contributed by atoms with Crippen LogP contribution < -0.4 is 5.32 Å². The first-order valence-corrected chi connectivity index (χ1v) is 7.00. The summed E-state index contributed by atoms with van der Waals surface area (Å²) in [6.07, 6.45) is 0.868. The van der Waals surface area contributed by atoms with E-state index in [4.69, 9.17) is 16.1 Å². The highest BCUT2D eigenvalue weighted by atomic mass is 35.5. The number of hydrogen-bond acceptors (Lipinski definition) is 3. The number of nitrogens with zero attached hydrogens (tertiary/aromatic N) is 1. The lowest BCUT2D eigenvalue weighted by atomic mass is 10.1. The van der Waals surface area contributed by atoms with Crippen molar-refractivity contribution in [3.8, 4) is 11.3 Å². The average molecular weight is 277 g/mol. The van der Waals surface area contributed by atoms with Gasteiger partial charge >= 0.3 is 0 Å². The fourth-order valence-electron chi connectivity index (χ4n) is 2.47. The van der Waals surface area contributed by atoms with Crippen molar-refractivity contribution in [1.29, 1.82) is 0 Å². The average Bonchev–Trinajstić information content (AvgIpc) is 2.88. The summed E-state index contributed by atoms with van der Waals surface area (Å²) in [6.45, 7) is 6.13. The third kappa shape index (κ3) is 2.40. The Hall–Kier alpha value is -1.32. The molecule has 1 aliphatic carbocycles. The second-order valence-electron chi connectivity index (χ2n) is 5.44. The Bertz CT molecular complexity index is 604. The quantitative estimate of drug-likeness (QED) is 0.790. The van der Waals surface area contributed by atoms with Gasteiger partial charge in [0.05, 0.1) is 0 Å². The van der Waals surface area contributed by atoms with E-state index >= 15 is 0 Å². The van der Waals surface area contributed by atoms with Crippen LogP contribution in [0.2, 0.25) is 5.02 Å². The molecule has 1 aromatic heterocycles. The van der Waals surface area contributed by atoms with Crippen molar-refractivity contribution in [3.63, 3.8) is 0 Å². The summed E-state index contributed by atoms with van der Waals surface area (Å²) in [5.41, 5.74) is 4.58. The van der Waals surface area contributed by atoms with Gasteiger partial charge in [-0.1, -0.05) is 30.6 Å². The largest absolute Gasteiger partial charge is 0.356 e. The van der Waals surface area contributed by atoms with Gasteiger partial charge in [-0.25, -0.2) is 0 Å². The second-order valence-corrected chi connectivity index (χ2v) is 5.88. The normalized spacial score (nSPS) is 12.8. The van der Waals surface area contributed by atoms with Crippen LogP contribution in [0.15, 0.2) is 22.7 Å². The minimum absolute atomic E-state index is 0.635. The van der Waals surface area contributed by atoms with Crippen molar-refractivity contribution in [2.45, 2.75) is 26.8 Å². The van der Waals surface area contributed by atoms with E-state index < -0.39 is 0 Å². The SMILES string of the molecule is CC(C)CNCc1noc2c1Cc1cc(Cl)ccc1-2. The Morgan fingerprint density at radius 3 is 3.05 bits per heavy atom. The topological polar surface area (TPSA) is 38.1 Å². The van der Waals surface area contributed by atoms with Gasteiger partial charge in [-0.05, 0) is 36.2 Å². The van der Waals surface area contributed by atoms with E-state index in [1.807, 2.05) is 18.2 Å². The van der Waals surface area contributed by atoms with E-state index in [9.17, 15) is 0 Å². The molecule has 1 N–H and O–H groups in total. The molecular formula is C15H17ClN2O. The van der Waals surface area contributed by atoms with Crippen molar-refractivity contribution in [3.05, 3.63) is 40.0 Å². The van der Waals surface area contributed by atoms with Gasteiger partial charge in [0.25, 0.3) is 0 Å². The molecule has 4 heteroatoms. The zero-order valence-corrected chi connectivity index (χ0v) is 11.9. The maximum Gasteiger partial charge on any atom is 0.170 e. The molecular weight excluding hydrogens is 260 g/mol. The fraction of sp³-hybridized carbons (Fsp3) is 0.400. The summed E-state index contributed by atoms with van der Waals surface area (Å²) >= 11 is 6.03. The highest BCUT2D eigenvalue weighted by Crippen LogP contribution is 2.39. The summed E-state index contributed by atoms with van der Waals surface area (Å²) in [4.78, 5) is 0. The van der Waals surface area contributed by atoms with Crippen LogP contribution in [0.3, 0.4) is 0 Å². The van der Waals surface area contributed by atoms with Crippen molar-refractivity contribution in [2.24, 2.45) is 5.92 Å². The summed E-state index contributed by atoms with van der Waals surface area (Å²) in [5.74, 6) is 1.55. The Balaban J connectivity index is 1.81. The number of hydrogen-bond donors (Lipinski definition) is 1. The minimum atomic E-state index is 0.635. The molecule has 0 bridgehead atoms. The summed E-state index contributed by atoms with van der Waals surface area (Å²) in [5, 5.41) is 8.37. The maximum absolute atomic E-state index is 6.03. The van der Waals surface area contributed by atoms with E-state index in [1.165, 1.54) is 11.1 Å². The van der Waals surface area contributed by atoms with E-state index in [0.29, 0.717) is 5.92 Å². The van der Waals surface area contributed by atoms with Gasteiger partial charge in [0.1, 0.15) is 5.69 Å². The molecule has 0 atom stereocenters. The molecule has 1 heterocycles. The van der Waals surface area contributed by atoms with Crippen molar-refractivity contribution < 1.29 is 4.52 Å². The highest BCUT2D eigenvalue weighted by Gasteiger charge is 2.26. The molecule has 0 saturated heterocycles. The van der Waals surface area contributed by atoms with Gasteiger partial charge in [0.2, 0.25) is 0 Å². The number of benzene rings is 1. The zero-order chi connectivity index (χ0) is 13.4. The van der Waals surface area contributed by atoms with E-state index in [1.54, 1.807) is 0 Å². The molecule has 0 unspecified atom stereocenters. The molecule has 1 aromatic carbocycles. The molecule has 2 aromatic rings. The van der Waals surface area contributed by atoms with Crippen LogP contribution in [0, 0.1) is 5.92 Å². The Kier molecular flexibility index (Phi) is 3.33. The zero-order valence-electron chi connectivity index (χ0n) is 11.2. The summed E-state index contributed by atoms with van der Waals surface area (Å²) in [6, 6.07) is 5.92. The van der Waals surface area contributed by atoms with Gasteiger partial charge in [0.15, 0.2) is 5.76 Å². The molecule has 3 rings (SSSR count). The number of rotatable bonds is 4. The molecule has 0 spiro atoms. The van der Waals surface area contributed by atoms with Crippen LogP contribution in [0.25, 0.3) is 11.3 Å². The van der Waals surface area contributed by atoms with E-state index in [2.05, 4.69) is 24.3 Å². The van der Waals surface area contributed by atoms with Crippen molar-refractivity contribution in [2.75, 3.05) is 6.54 Å². The summed E-state index contributed by atoms with van der Waals surface area (Å²) in [7, 11) is 0. The van der Waals surface area contributed by atoms with Crippen molar-refractivity contribution in [1.82, 2.24) is 10.5 Å². The molecule has 0 fully saturated rings. The van der Waals surface area contributed by atoms with Crippen LogP contribution in [0.1, 0.15) is 30.7 Å². The molecule has 19 heavy (non-hydrogen) atoms. The third-order valence-corrected chi connectivity index (χ3v) is 3.63. The van der Waals surface area contributed by atoms with Crippen LogP contribution in [0.4, 0.5) is 0 Å². The van der Waals surface area contributed by atoms with Gasteiger partial charge in [-0.15, -0.1) is 0 Å². The molecule has 100 valence electrons. The predicted octanol–water partition coefficient (Wildman–Crippen LogP) is 3.64. The van der Waals surface area contributed by atoms with Crippen molar-refractivity contribution >= 4 is 11.6 Å². The number of fused-ring (bicyclic) bond motifs is 3. The lowest BCUT2D eigenvalue weighted by molar-refractivity contribution is 0.418. The van der Waals surface area contributed by atoms with Crippen LogP contribution >= 0.6 is 11.6 Å². The van der Waals surface area contributed by atoms with Gasteiger partial charge < -0.3 is 9.84 Å². The number of nitrogens with one attached hydrogen (secondary N) is 1. The highest BCUT2D eigenvalue weighted by molar-refractivity contribution is 6.30. The van der Waals surface area contributed by atoms with Crippen LogP contribution in [-0.2, 0) is 13.0 Å². The molecule has 1 aliphatic rings. The third-order valence-electron chi connectivity index (χ3n) is 3.39. The summed E-state index contributed by atoms with van der Waals surface area (Å²) < 4.78 is 5.50. The fourth-order valence-corrected chi connectivity index (χ4v) is 2.67. The first-order valence-electron chi connectivity index (χ1n) is 6.62. The predicted molar refractivity (Wildman–Crippen MR) is 76.3 cm³/mol. The van der Waals surface area contributed by atoms with Crippen LogP contribution in [-0.4, -0.2) is 11.7 Å². The number of halogens is 1. The van der Waals surface area contributed by atoms with E-state index in [-0.39, 0.29) is 0 Å². The lowest BCUT2D eigenvalue weighted by Crippen LogP contribution is -2.19. The Morgan fingerprint density at radius 1 is 1.42 bits per heavy atom.